The van der Waals surface area contributed by atoms with Gasteiger partial charge in [0.25, 0.3) is 0 Å². The van der Waals surface area contributed by atoms with Gasteiger partial charge in [0.15, 0.2) is 0 Å². The summed E-state index contributed by atoms with van der Waals surface area (Å²) in [5.74, 6) is -0.0467. The maximum absolute atomic E-state index is 13.3. The molecular weight excluding hydrogens is 282 g/mol. The van der Waals surface area contributed by atoms with Crippen LogP contribution in [0.5, 0.6) is 0 Å². The fraction of sp³-hybridized carbons (Fsp3) is 0.333. The lowest BCUT2D eigenvalue weighted by Crippen LogP contribution is -2.40. The summed E-state index contributed by atoms with van der Waals surface area (Å²) in [6.07, 6.45) is 0. The van der Waals surface area contributed by atoms with E-state index in [2.05, 4.69) is 42.2 Å². The summed E-state index contributed by atoms with van der Waals surface area (Å²) in [6.45, 7) is 6.46. The van der Waals surface area contributed by atoms with Crippen LogP contribution < -0.4 is 5.19 Å². The molecule has 0 nitrogen and oxygen atoms in total. The molecule has 12 heavy (non-hydrogen) atoms. The monoisotopic (exact) mass is 294 g/mol. The molecule has 1 aromatic rings. The highest BCUT2D eigenvalue weighted by Crippen LogP contribution is 2.10. The molecule has 0 spiro atoms. The predicted octanol–water partition coefficient (Wildman–Crippen LogP) is 2.98. The third-order valence-corrected chi connectivity index (χ3v) is 4.41. The van der Waals surface area contributed by atoms with Gasteiger partial charge in [0.1, 0.15) is 5.82 Å². The van der Waals surface area contributed by atoms with Crippen LogP contribution in [0.25, 0.3) is 0 Å². The number of benzene rings is 1. The van der Waals surface area contributed by atoms with Crippen LogP contribution in [0.4, 0.5) is 4.39 Å². The van der Waals surface area contributed by atoms with Crippen LogP contribution >= 0.6 is 22.6 Å². The largest absolute Gasteiger partial charge is 0.207 e. The van der Waals surface area contributed by atoms with Gasteiger partial charge in [0.05, 0.1) is 8.07 Å². The Balaban J connectivity index is 3.23. The van der Waals surface area contributed by atoms with Crippen LogP contribution in [-0.4, -0.2) is 8.07 Å². The van der Waals surface area contributed by atoms with E-state index in [9.17, 15) is 4.39 Å². The van der Waals surface area contributed by atoms with Crippen molar-refractivity contribution < 1.29 is 4.39 Å². The first-order valence-corrected chi connectivity index (χ1v) is 8.44. The second-order valence-corrected chi connectivity index (χ2v) is 10.2. The number of halogens is 2. The lowest BCUT2D eigenvalue weighted by atomic mass is 10.3. The van der Waals surface area contributed by atoms with Crippen LogP contribution in [0.3, 0.4) is 0 Å². The van der Waals surface area contributed by atoms with E-state index in [1.54, 1.807) is 12.1 Å². The average molecular weight is 294 g/mol. The fourth-order valence-corrected chi connectivity index (χ4v) is 3.25. The van der Waals surface area contributed by atoms with E-state index in [1.165, 1.54) is 0 Å². The smallest absolute Gasteiger partial charge is 0.122 e. The second-order valence-electron chi connectivity index (χ2n) is 3.87. The van der Waals surface area contributed by atoms with Gasteiger partial charge in [0, 0.05) is 3.57 Å². The summed E-state index contributed by atoms with van der Waals surface area (Å²) in [4.78, 5) is 0. The molecule has 66 valence electrons. The minimum atomic E-state index is -1.49. The van der Waals surface area contributed by atoms with Crippen molar-refractivity contribution in [1.82, 2.24) is 0 Å². The molecular formula is C9H12FISi. The van der Waals surface area contributed by atoms with E-state index < -0.39 is 8.07 Å². The minimum Gasteiger partial charge on any atom is -0.207 e. The van der Waals surface area contributed by atoms with E-state index in [-0.39, 0.29) is 5.82 Å². The third kappa shape index (κ3) is 2.29. The van der Waals surface area contributed by atoms with Crippen molar-refractivity contribution >= 4 is 35.9 Å². The molecule has 3 heteroatoms. The molecule has 0 amide bonds. The standard InChI is InChI=1S/C9H12FISi/c1-12(2,3)9-6-7(11)4-5-8(9)10/h4-6H,1-3H3. The molecule has 0 atom stereocenters. The quantitative estimate of drug-likeness (QED) is 0.552. The third-order valence-electron chi connectivity index (χ3n) is 1.74. The van der Waals surface area contributed by atoms with Crippen molar-refractivity contribution in [2.75, 3.05) is 0 Å². The Labute approximate surface area is 87.3 Å². The van der Waals surface area contributed by atoms with Crippen molar-refractivity contribution in [1.29, 1.82) is 0 Å². The average Bonchev–Trinajstić information content (AvgIpc) is 1.92. The molecule has 0 aliphatic rings. The van der Waals surface area contributed by atoms with E-state index in [0.717, 1.165) is 8.76 Å². The number of hydrogen-bond donors (Lipinski definition) is 0. The zero-order valence-electron chi connectivity index (χ0n) is 7.49. The maximum Gasteiger partial charge on any atom is 0.122 e. The van der Waals surface area contributed by atoms with Gasteiger partial charge in [-0.25, -0.2) is 4.39 Å². The Morgan fingerprint density at radius 3 is 2.25 bits per heavy atom. The van der Waals surface area contributed by atoms with Crippen molar-refractivity contribution in [2.24, 2.45) is 0 Å². The van der Waals surface area contributed by atoms with Gasteiger partial charge in [-0.2, -0.15) is 0 Å². The van der Waals surface area contributed by atoms with Crippen molar-refractivity contribution in [3.8, 4) is 0 Å². The van der Waals surface area contributed by atoms with Gasteiger partial charge in [-0.15, -0.1) is 0 Å². The summed E-state index contributed by atoms with van der Waals surface area (Å²) in [5.41, 5.74) is 0. The van der Waals surface area contributed by atoms with E-state index >= 15 is 0 Å². The first-order chi connectivity index (χ1) is 5.41. The number of rotatable bonds is 1. The fourth-order valence-electron chi connectivity index (χ4n) is 1.07. The van der Waals surface area contributed by atoms with E-state index in [1.807, 2.05) is 6.07 Å². The molecule has 0 unspecified atom stereocenters. The van der Waals surface area contributed by atoms with Crippen LogP contribution in [0.2, 0.25) is 19.6 Å². The number of hydrogen-bond acceptors (Lipinski definition) is 0. The highest BCUT2D eigenvalue weighted by molar-refractivity contribution is 14.1. The molecule has 0 aliphatic heterocycles. The zero-order chi connectivity index (χ0) is 9.35. The molecule has 0 radical (unpaired) electrons. The molecule has 0 heterocycles. The van der Waals surface area contributed by atoms with Crippen molar-refractivity contribution in [3.05, 3.63) is 27.6 Å². The van der Waals surface area contributed by atoms with Gasteiger partial charge in [0.2, 0.25) is 0 Å². The van der Waals surface area contributed by atoms with Crippen molar-refractivity contribution in [3.63, 3.8) is 0 Å². The molecule has 0 saturated carbocycles. The Morgan fingerprint density at radius 2 is 1.83 bits per heavy atom. The molecule has 0 N–H and O–H groups in total. The van der Waals surface area contributed by atoms with Crippen molar-refractivity contribution in [2.45, 2.75) is 19.6 Å². The highest BCUT2D eigenvalue weighted by Gasteiger charge is 2.20. The van der Waals surface area contributed by atoms with E-state index in [0.29, 0.717) is 0 Å². The minimum absolute atomic E-state index is 0.0467. The Bertz CT molecular complexity index is 291. The second kappa shape index (κ2) is 3.45. The first kappa shape index (κ1) is 10.2. The van der Waals surface area contributed by atoms with Gasteiger partial charge >= 0.3 is 0 Å². The maximum atomic E-state index is 13.3. The molecule has 0 saturated heterocycles. The Morgan fingerprint density at radius 1 is 1.25 bits per heavy atom. The summed E-state index contributed by atoms with van der Waals surface area (Å²) < 4.78 is 14.4. The molecule has 0 bridgehead atoms. The summed E-state index contributed by atoms with van der Waals surface area (Å²) in [5, 5.41) is 0.925. The molecule has 0 aromatic heterocycles. The van der Waals surface area contributed by atoms with Crippen LogP contribution in [-0.2, 0) is 0 Å². The normalized spacial score (nSPS) is 11.8. The van der Waals surface area contributed by atoms with Gasteiger partial charge in [-0.05, 0) is 46.0 Å². The SMILES string of the molecule is C[Si](C)(C)c1cc(I)ccc1F. The molecule has 0 fully saturated rings. The topological polar surface area (TPSA) is 0 Å². The summed E-state index contributed by atoms with van der Waals surface area (Å²) in [7, 11) is -1.49. The van der Waals surface area contributed by atoms with Gasteiger partial charge in [-0.3, -0.25) is 0 Å². The van der Waals surface area contributed by atoms with E-state index in [4.69, 9.17) is 0 Å². The lowest BCUT2D eigenvalue weighted by molar-refractivity contribution is 0.635. The van der Waals surface area contributed by atoms with Crippen LogP contribution in [0, 0.1) is 9.39 Å². The summed E-state index contributed by atoms with van der Waals surface area (Å²) >= 11 is 2.22. The first-order valence-electron chi connectivity index (χ1n) is 3.87. The Kier molecular flexibility index (Phi) is 2.93. The molecule has 0 aliphatic carbocycles. The zero-order valence-corrected chi connectivity index (χ0v) is 10.6. The Hall–Kier alpha value is 0.0969. The predicted molar refractivity (Wildman–Crippen MR) is 62.1 cm³/mol. The van der Waals surface area contributed by atoms with Crippen LogP contribution in [0.1, 0.15) is 0 Å². The highest BCUT2D eigenvalue weighted by atomic mass is 127. The van der Waals surface area contributed by atoms with Gasteiger partial charge < -0.3 is 0 Å². The summed E-state index contributed by atoms with van der Waals surface area (Å²) in [6, 6.07) is 5.33. The lowest BCUT2D eigenvalue weighted by Gasteiger charge is -2.17. The molecule has 1 aromatic carbocycles. The molecule has 1 rings (SSSR count). The van der Waals surface area contributed by atoms with Gasteiger partial charge in [-0.1, -0.05) is 19.6 Å². The van der Waals surface area contributed by atoms with Crippen LogP contribution in [0.15, 0.2) is 18.2 Å².